The van der Waals surface area contributed by atoms with Crippen LogP contribution in [0.1, 0.15) is 23.6 Å². The van der Waals surface area contributed by atoms with Crippen molar-refractivity contribution >= 4 is 23.2 Å². The van der Waals surface area contributed by atoms with Crippen LogP contribution in [-0.4, -0.2) is 23.3 Å². The molecule has 0 saturated carbocycles. The average Bonchev–Trinajstić information content (AvgIpc) is 2.54. The van der Waals surface area contributed by atoms with E-state index >= 15 is 0 Å². The van der Waals surface area contributed by atoms with Gasteiger partial charge in [-0.3, -0.25) is 4.79 Å². The zero-order valence-electron chi connectivity index (χ0n) is 13.8. The van der Waals surface area contributed by atoms with Crippen molar-refractivity contribution in [2.24, 2.45) is 5.10 Å². The number of halogens is 1. The molecule has 0 aromatic heterocycles. The highest BCUT2D eigenvalue weighted by molar-refractivity contribution is 6.30. The Balaban J connectivity index is 1.95. The molecule has 0 radical (unpaired) electrons. The van der Waals surface area contributed by atoms with Gasteiger partial charge in [-0.05, 0) is 56.7 Å². The number of ether oxygens (including phenoxy) is 1. The number of nitrogens with zero attached hydrogens (tertiary/aromatic N) is 1. The number of hydrogen-bond acceptors (Lipinski definition) is 4. The number of aromatic hydroxyl groups is 1. The Bertz CT molecular complexity index is 788. The van der Waals surface area contributed by atoms with Gasteiger partial charge in [-0.25, -0.2) is 5.43 Å². The van der Waals surface area contributed by atoms with E-state index in [1.165, 1.54) is 0 Å². The van der Waals surface area contributed by atoms with Crippen molar-refractivity contribution in [3.63, 3.8) is 0 Å². The molecule has 0 unspecified atom stereocenters. The number of phenolic OH excluding ortho intramolecular Hbond substituents is 1. The van der Waals surface area contributed by atoms with E-state index < -0.39 is 5.91 Å². The zero-order valence-corrected chi connectivity index (χ0v) is 14.5. The van der Waals surface area contributed by atoms with Crippen LogP contribution in [0.5, 0.6) is 11.5 Å². The number of aryl methyl sites for hydroxylation is 2. The van der Waals surface area contributed by atoms with Crippen molar-refractivity contribution in [2.75, 3.05) is 6.61 Å². The molecule has 6 heteroatoms. The van der Waals surface area contributed by atoms with Gasteiger partial charge < -0.3 is 9.84 Å². The smallest absolute Gasteiger partial charge is 0.277 e. The highest BCUT2D eigenvalue weighted by atomic mass is 35.5. The van der Waals surface area contributed by atoms with Crippen LogP contribution >= 0.6 is 11.6 Å². The predicted molar refractivity (Wildman–Crippen MR) is 94.9 cm³/mol. The normalized spacial score (nSPS) is 11.2. The van der Waals surface area contributed by atoms with Crippen LogP contribution in [0.25, 0.3) is 0 Å². The third-order valence-corrected chi connectivity index (χ3v) is 3.62. The summed E-state index contributed by atoms with van der Waals surface area (Å²) in [6, 6.07) is 10.4. The summed E-state index contributed by atoms with van der Waals surface area (Å²) in [6.07, 6.45) is 0. The Morgan fingerprint density at radius 3 is 2.71 bits per heavy atom. The maximum atomic E-state index is 11.9. The molecule has 126 valence electrons. The lowest BCUT2D eigenvalue weighted by atomic mass is 10.1. The average molecular weight is 347 g/mol. The summed E-state index contributed by atoms with van der Waals surface area (Å²) in [7, 11) is 0. The topological polar surface area (TPSA) is 70.9 Å². The van der Waals surface area contributed by atoms with Crippen molar-refractivity contribution in [2.45, 2.75) is 20.8 Å². The van der Waals surface area contributed by atoms with Gasteiger partial charge in [0.25, 0.3) is 5.91 Å². The second-order valence-electron chi connectivity index (χ2n) is 5.45. The molecule has 0 aliphatic rings. The van der Waals surface area contributed by atoms with E-state index in [1.807, 2.05) is 13.8 Å². The second kappa shape index (κ2) is 7.84. The van der Waals surface area contributed by atoms with E-state index in [0.717, 1.165) is 11.1 Å². The number of phenols is 1. The van der Waals surface area contributed by atoms with Gasteiger partial charge in [0.05, 0.1) is 5.71 Å². The van der Waals surface area contributed by atoms with Crippen LogP contribution in [0.4, 0.5) is 0 Å². The molecule has 2 aromatic rings. The van der Waals surface area contributed by atoms with Gasteiger partial charge in [0.1, 0.15) is 11.5 Å². The van der Waals surface area contributed by atoms with E-state index in [-0.39, 0.29) is 12.4 Å². The first kappa shape index (κ1) is 17.8. The van der Waals surface area contributed by atoms with E-state index in [0.29, 0.717) is 22.0 Å². The number of nitrogens with one attached hydrogen (secondary N) is 1. The van der Waals surface area contributed by atoms with E-state index in [9.17, 15) is 9.90 Å². The minimum atomic E-state index is -0.393. The number of carbonyl (C=O) groups excluding carboxylic acids is 1. The highest BCUT2D eigenvalue weighted by Crippen LogP contribution is 2.21. The van der Waals surface area contributed by atoms with E-state index in [2.05, 4.69) is 10.5 Å². The molecule has 2 N–H and O–H groups in total. The lowest BCUT2D eigenvalue weighted by molar-refractivity contribution is -0.123. The minimum Gasteiger partial charge on any atom is -0.507 e. The Kier molecular flexibility index (Phi) is 5.82. The number of hydrazone groups is 1. The Labute approximate surface area is 145 Å². The van der Waals surface area contributed by atoms with Crippen LogP contribution in [0.2, 0.25) is 5.02 Å². The van der Waals surface area contributed by atoms with Crippen molar-refractivity contribution in [1.29, 1.82) is 0 Å². The molecule has 0 fully saturated rings. The quantitative estimate of drug-likeness (QED) is 0.642. The lowest BCUT2D eigenvalue weighted by Crippen LogP contribution is -2.25. The van der Waals surface area contributed by atoms with Crippen molar-refractivity contribution < 1.29 is 14.6 Å². The summed E-state index contributed by atoms with van der Waals surface area (Å²) in [5.41, 5.74) is 5.33. The van der Waals surface area contributed by atoms with Gasteiger partial charge in [0.2, 0.25) is 0 Å². The Morgan fingerprint density at radius 2 is 2.00 bits per heavy atom. The maximum absolute atomic E-state index is 11.9. The summed E-state index contributed by atoms with van der Waals surface area (Å²) >= 11 is 5.87. The third-order valence-electron chi connectivity index (χ3n) is 3.39. The van der Waals surface area contributed by atoms with Gasteiger partial charge in [-0.2, -0.15) is 5.10 Å². The second-order valence-corrected chi connectivity index (χ2v) is 5.89. The molecule has 0 aliphatic heterocycles. The molecule has 0 saturated heterocycles. The fraction of sp³-hybridized carbons (Fsp3) is 0.222. The molecule has 0 bridgehead atoms. The molecule has 1 amide bonds. The van der Waals surface area contributed by atoms with Crippen molar-refractivity contribution in [3.8, 4) is 11.5 Å². The molecule has 24 heavy (non-hydrogen) atoms. The molecule has 5 nitrogen and oxygen atoms in total. The standard InChI is InChI=1S/C18H19ClN2O3/c1-11-4-6-16(22)15(8-11)13(3)20-21-18(23)10-24-17-7-5-14(19)9-12(17)2/h4-9,22H,10H2,1-3H3,(H,21,23)/b20-13+. The number of hydrogen-bond donors (Lipinski definition) is 2. The Hall–Kier alpha value is -2.53. The fourth-order valence-corrected chi connectivity index (χ4v) is 2.32. The molecule has 0 atom stereocenters. The third kappa shape index (κ3) is 4.73. The van der Waals surface area contributed by atoms with Gasteiger partial charge in [-0.1, -0.05) is 23.2 Å². The Morgan fingerprint density at radius 1 is 1.25 bits per heavy atom. The van der Waals surface area contributed by atoms with Crippen LogP contribution in [-0.2, 0) is 4.79 Å². The molecular weight excluding hydrogens is 328 g/mol. The number of benzene rings is 2. The number of amides is 1. The largest absolute Gasteiger partial charge is 0.507 e. The number of rotatable bonds is 5. The number of carbonyl (C=O) groups is 1. The minimum absolute atomic E-state index is 0.115. The summed E-state index contributed by atoms with van der Waals surface area (Å²) in [5.74, 6) is 0.312. The first-order chi connectivity index (χ1) is 11.4. The van der Waals surface area contributed by atoms with E-state index in [1.54, 1.807) is 43.3 Å². The predicted octanol–water partition coefficient (Wildman–Crippen LogP) is 3.58. The van der Waals surface area contributed by atoms with Crippen LogP contribution in [0, 0.1) is 13.8 Å². The SMILES string of the molecule is C/C(=N\NC(=O)COc1ccc(Cl)cc1C)c1cc(C)ccc1O. The summed E-state index contributed by atoms with van der Waals surface area (Å²) in [4.78, 5) is 11.9. The van der Waals surface area contributed by atoms with Crippen LogP contribution in [0.3, 0.4) is 0 Å². The fourth-order valence-electron chi connectivity index (χ4n) is 2.10. The first-order valence-electron chi connectivity index (χ1n) is 7.39. The lowest BCUT2D eigenvalue weighted by Gasteiger charge is -2.09. The molecule has 0 aliphatic carbocycles. The molecule has 2 aromatic carbocycles. The van der Waals surface area contributed by atoms with Gasteiger partial charge in [-0.15, -0.1) is 0 Å². The summed E-state index contributed by atoms with van der Waals surface area (Å²) < 4.78 is 5.45. The van der Waals surface area contributed by atoms with E-state index in [4.69, 9.17) is 16.3 Å². The zero-order chi connectivity index (χ0) is 17.7. The molecule has 0 spiro atoms. The summed E-state index contributed by atoms with van der Waals surface area (Å²) in [6.45, 7) is 5.30. The van der Waals surface area contributed by atoms with Gasteiger partial charge >= 0.3 is 0 Å². The van der Waals surface area contributed by atoms with Gasteiger partial charge in [0.15, 0.2) is 6.61 Å². The maximum Gasteiger partial charge on any atom is 0.277 e. The first-order valence-corrected chi connectivity index (χ1v) is 7.76. The van der Waals surface area contributed by atoms with Crippen molar-refractivity contribution in [1.82, 2.24) is 5.43 Å². The monoisotopic (exact) mass is 346 g/mol. The molecule has 2 rings (SSSR count). The van der Waals surface area contributed by atoms with Crippen molar-refractivity contribution in [3.05, 3.63) is 58.1 Å². The molecule has 0 heterocycles. The van der Waals surface area contributed by atoms with Gasteiger partial charge in [0, 0.05) is 10.6 Å². The van der Waals surface area contributed by atoms with Crippen LogP contribution in [0.15, 0.2) is 41.5 Å². The van der Waals surface area contributed by atoms with Crippen LogP contribution < -0.4 is 10.2 Å². The molecular formula is C18H19ClN2O3. The summed E-state index contributed by atoms with van der Waals surface area (Å²) in [5, 5.41) is 14.5. The highest BCUT2D eigenvalue weighted by Gasteiger charge is 2.07.